The van der Waals surface area contributed by atoms with E-state index in [0.29, 0.717) is 11.5 Å². The van der Waals surface area contributed by atoms with E-state index in [-0.39, 0.29) is 5.91 Å². The van der Waals surface area contributed by atoms with Crippen molar-refractivity contribution in [3.63, 3.8) is 0 Å². The van der Waals surface area contributed by atoms with E-state index < -0.39 is 0 Å². The summed E-state index contributed by atoms with van der Waals surface area (Å²) in [7, 11) is 0. The number of aliphatic imine (C=N–C) groups is 1. The first-order valence-electron chi connectivity index (χ1n) is 7.97. The maximum atomic E-state index is 13.0. The molecule has 0 saturated carbocycles. The predicted molar refractivity (Wildman–Crippen MR) is 110 cm³/mol. The summed E-state index contributed by atoms with van der Waals surface area (Å²) in [6.45, 7) is 0. The van der Waals surface area contributed by atoms with Gasteiger partial charge in [-0.2, -0.15) is 5.01 Å². The lowest BCUT2D eigenvalue weighted by molar-refractivity contribution is -0.121. The van der Waals surface area contributed by atoms with Gasteiger partial charge < -0.3 is 0 Å². The van der Waals surface area contributed by atoms with E-state index in [0.717, 1.165) is 20.6 Å². The van der Waals surface area contributed by atoms with Crippen LogP contribution in [0, 0.1) is 0 Å². The topological polar surface area (TPSA) is 44.7 Å². The molecular formula is C20H14BrN3OS. The van der Waals surface area contributed by atoms with Crippen molar-refractivity contribution < 1.29 is 4.79 Å². The minimum absolute atomic E-state index is 0.180. The first kappa shape index (κ1) is 16.8. The molecule has 1 N–H and O–H groups in total. The third-order valence-corrected chi connectivity index (χ3v) is 5.18. The van der Waals surface area contributed by atoms with E-state index >= 15 is 0 Å². The van der Waals surface area contributed by atoms with E-state index in [1.807, 2.05) is 72.1 Å². The fourth-order valence-corrected chi connectivity index (χ4v) is 3.52. The van der Waals surface area contributed by atoms with Crippen LogP contribution in [-0.2, 0) is 4.79 Å². The number of amides is 1. The number of benzene rings is 2. The highest BCUT2D eigenvalue weighted by molar-refractivity contribution is 9.10. The molecule has 3 aromatic rings. The van der Waals surface area contributed by atoms with Crippen molar-refractivity contribution in [1.29, 1.82) is 0 Å². The van der Waals surface area contributed by atoms with Crippen molar-refractivity contribution in [1.82, 2.24) is 5.01 Å². The lowest BCUT2D eigenvalue weighted by Gasteiger charge is -2.19. The number of thiophene rings is 1. The molecule has 1 aromatic heterocycles. The number of hydrogen-bond acceptors (Lipinski definition) is 4. The summed E-state index contributed by atoms with van der Waals surface area (Å²) < 4.78 is 0.993. The molecule has 0 atom stereocenters. The van der Waals surface area contributed by atoms with Crippen LogP contribution in [0.1, 0.15) is 10.4 Å². The van der Waals surface area contributed by atoms with Crippen LogP contribution in [0.5, 0.6) is 0 Å². The molecule has 1 amide bonds. The predicted octanol–water partition coefficient (Wildman–Crippen LogP) is 5.17. The molecule has 6 heteroatoms. The van der Waals surface area contributed by atoms with Crippen LogP contribution in [0.2, 0.25) is 0 Å². The molecule has 128 valence electrons. The van der Waals surface area contributed by atoms with Crippen LogP contribution in [0.4, 0.5) is 5.69 Å². The SMILES string of the molecule is O=C1/C(=C/c2ccc(Br)cc2)N=C(c2cccs2)N1Nc1ccccc1. The number of halogens is 1. The van der Waals surface area contributed by atoms with Crippen LogP contribution in [0.25, 0.3) is 6.08 Å². The number of nitrogens with one attached hydrogen (secondary N) is 1. The minimum Gasteiger partial charge on any atom is -0.290 e. The van der Waals surface area contributed by atoms with E-state index in [1.54, 1.807) is 17.4 Å². The Kier molecular flexibility index (Phi) is 4.69. The van der Waals surface area contributed by atoms with Gasteiger partial charge in [-0.15, -0.1) is 11.3 Å². The number of carbonyl (C=O) groups is 1. The second kappa shape index (κ2) is 7.27. The van der Waals surface area contributed by atoms with E-state index in [9.17, 15) is 4.79 Å². The largest absolute Gasteiger partial charge is 0.297 e. The average molecular weight is 424 g/mol. The van der Waals surface area contributed by atoms with E-state index in [1.165, 1.54) is 5.01 Å². The van der Waals surface area contributed by atoms with E-state index in [2.05, 4.69) is 26.3 Å². The lowest BCUT2D eigenvalue weighted by Crippen LogP contribution is -2.37. The second-order valence-corrected chi connectivity index (χ2v) is 7.48. The molecule has 0 radical (unpaired) electrons. The molecule has 26 heavy (non-hydrogen) atoms. The Morgan fingerprint density at radius 1 is 1.00 bits per heavy atom. The third kappa shape index (κ3) is 3.47. The number of carbonyl (C=O) groups excluding carboxylic acids is 1. The Bertz CT molecular complexity index is 980. The molecule has 0 unspecified atom stereocenters. The highest BCUT2D eigenvalue weighted by Crippen LogP contribution is 2.25. The summed E-state index contributed by atoms with van der Waals surface area (Å²) >= 11 is 4.97. The summed E-state index contributed by atoms with van der Waals surface area (Å²) in [6, 6.07) is 21.3. The van der Waals surface area contributed by atoms with Gasteiger partial charge >= 0.3 is 0 Å². The Labute approximate surface area is 163 Å². The highest BCUT2D eigenvalue weighted by atomic mass is 79.9. The van der Waals surface area contributed by atoms with Gasteiger partial charge in [0.1, 0.15) is 5.70 Å². The molecular weight excluding hydrogens is 410 g/mol. The minimum atomic E-state index is -0.180. The fourth-order valence-electron chi connectivity index (χ4n) is 2.55. The second-order valence-electron chi connectivity index (χ2n) is 5.61. The van der Waals surface area contributed by atoms with Crippen molar-refractivity contribution in [2.75, 3.05) is 5.43 Å². The maximum absolute atomic E-state index is 13.0. The molecule has 0 spiro atoms. The number of para-hydroxylation sites is 1. The summed E-state index contributed by atoms with van der Waals surface area (Å²) in [5.74, 6) is 0.428. The van der Waals surface area contributed by atoms with Crippen LogP contribution in [-0.4, -0.2) is 16.8 Å². The Balaban J connectivity index is 1.71. The summed E-state index contributed by atoms with van der Waals surface area (Å²) in [5.41, 5.74) is 5.32. The Hall–Kier alpha value is -2.70. The van der Waals surface area contributed by atoms with Crippen molar-refractivity contribution in [3.8, 4) is 0 Å². The third-order valence-electron chi connectivity index (χ3n) is 3.79. The van der Waals surface area contributed by atoms with Crippen LogP contribution >= 0.6 is 27.3 Å². The average Bonchev–Trinajstić information content (AvgIpc) is 3.28. The molecule has 4 nitrogen and oxygen atoms in total. The number of hydrazine groups is 1. The molecule has 0 aliphatic carbocycles. The number of anilines is 1. The summed E-state index contributed by atoms with van der Waals surface area (Å²) in [4.78, 5) is 18.5. The number of rotatable bonds is 4. The van der Waals surface area contributed by atoms with Gasteiger partial charge in [-0.25, -0.2) is 4.99 Å². The van der Waals surface area contributed by atoms with Gasteiger partial charge in [0.15, 0.2) is 5.84 Å². The molecule has 2 aromatic carbocycles. The highest BCUT2D eigenvalue weighted by Gasteiger charge is 2.32. The monoisotopic (exact) mass is 423 g/mol. The normalized spacial score (nSPS) is 15.4. The van der Waals surface area contributed by atoms with Gasteiger partial charge in [0.2, 0.25) is 0 Å². The molecule has 2 heterocycles. The molecule has 0 bridgehead atoms. The van der Waals surface area contributed by atoms with Gasteiger partial charge in [-0.1, -0.05) is 52.3 Å². The van der Waals surface area contributed by atoms with Gasteiger partial charge in [0.25, 0.3) is 5.91 Å². The summed E-state index contributed by atoms with van der Waals surface area (Å²) in [5, 5.41) is 3.48. The zero-order valence-corrected chi connectivity index (χ0v) is 16.0. The van der Waals surface area contributed by atoms with Gasteiger partial charge in [-0.3, -0.25) is 10.2 Å². The zero-order chi connectivity index (χ0) is 17.9. The van der Waals surface area contributed by atoms with Gasteiger partial charge in [0.05, 0.1) is 10.6 Å². The van der Waals surface area contributed by atoms with Crippen molar-refractivity contribution >= 4 is 50.8 Å². The van der Waals surface area contributed by atoms with Gasteiger partial charge in [0, 0.05) is 4.47 Å². The van der Waals surface area contributed by atoms with E-state index in [4.69, 9.17) is 0 Å². The molecule has 0 fully saturated rings. The van der Waals surface area contributed by atoms with Crippen molar-refractivity contribution in [2.45, 2.75) is 0 Å². The fraction of sp³-hybridized carbons (Fsp3) is 0. The van der Waals surface area contributed by atoms with Crippen LogP contribution < -0.4 is 5.43 Å². The lowest BCUT2D eigenvalue weighted by atomic mass is 10.2. The number of amidine groups is 1. The van der Waals surface area contributed by atoms with Crippen LogP contribution in [0.15, 0.2) is 87.3 Å². The van der Waals surface area contributed by atoms with Gasteiger partial charge in [-0.05, 0) is 47.4 Å². The van der Waals surface area contributed by atoms with Crippen molar-refractivity contribution in [3.05, 3.63) is 92.7 Å². The maximum Gasteiger partial charge on any atom is 0.297 e. The molecule has 0 saturated heterocycles. The first-order chi connectivity index (χ1) is 12.7. The van der Waals surface area contributed by atoms with Crippen LogP contribution in [0.3, 0.4) is 0 Å². The molecule has 4 rings (SSSR count). The molecule has 1 aliphatic heterocycles. The van der Waals surface area contributed by atoms with Crippen molar-refractivity contribution in [2.24, 2.45) is 4.99 Å². The number of nitrogens with zero attached hydrogens (tertiary/aromatic N) is 2. The standard InChI is InChI=1S/C20H14BrN3OS/c21-15-10-8-14(9-11-15)13-17-20(25)24(23-16-5-2-1-3-6-16)19(22-17)18-7-4-12-26-18/h1-13,23H/b17-13-. The number of hydrogen-bond donors (Lipinski definition) is 1. The summed E-state index contributed by atoms with van der Waals surface area (Å²) in [6.07, 6.45) is 1.80. The Morgan fingerprint density at radius 2 is 1.77 bits per heavy atom. The quantitative estimate of drug-likeness (QED) is 0.588. The Morgan fingerprint density at radius 3 is 2.46 bits per heavy atom. The first-order valence-corrected chi connectivity index (χ1v) is 9.64. The molecule has 1 aliphatic rings. The smallest absolute Gasteiger partial charge is 0.290 e. The zero-order valence-electron chi connectivity index (χ0n) is 13.6.